The molecule has 0 amide bonds. The lowest BCUT2D eigenvalue weighted by atomic mass is 10.2. The van der Waals surface area contributed by atoms with Crippen molar-refractivity contribution in [2.45, 2.75) is 24.9 Å². The Labute approximate surface area is 184 Å². The average molecular weight is 492 g/mol. The van der Waals surface area contributed by atoms with Gasteiger partial charge in [0.1, 0.15) is 30.3 Å². The van der Waals surface area contributed by atoms with Gasteiger partial charge in [0.05, 0.1) is 23.0 Å². The first kappa shape index (κ1) is 19.4. The molecule has 5 rings (SSSR count). The van der Waals surface area contributed by atoms with Crippen molar-refractivity contribution in [3.8, 4) is 5.75 Å². The van der Waals surface area contributed by atoms with E-state index in [-0.39, 0.29) is 18.5 Å². The molecule has 4 aromatic rings. The average Bonchev–Trinajstić information content (AvgIpc) is 3.30. The number of ether oxygens (including phenoxy) is 2. The Bertz CT molecular complexity index is 1250. The van der Waals surface area contributed by atoms with Gasteiger partial charge < -0.3 is 20.3 Å². The minimum absolute atomic E-state index is 0.221. The van der Waals surface area contributed by atoms with Gasteiger partial charge in [-0.15, -0.1) is 0 Å². The maximum Gasteiger partial charge on any atom is 0.167 e. The number of nitrogens with zero attached hydrogens (tertiary/aromatic N) is 5. The van der Waals surface area contributed by atoms with Crippen LogP contribution >= 0.6 is 27.5 Å². The summed E-state index contributed by atoms with van der Waals surface area (Å²) in [5.74, 6) is 0.784. The van der Waals surface area contributed by atoms with Gasteiger partial charge in [-0.2, -0.15) is 0 Å². The van der Waals surface area contributed by atoms with Crippen LogP contribution in [0.5, 0.6) is 5.75 Å². The van der Waals surface area contributed by atoms with E-state index in [1.54, 1.807) is 22.9 Å². The molecule has 0 aliphatic carbocycles. The van der Waals surface area contributed by atoms with Gasteiger partial charge in [-0.05, 0) is 28.1 Å². The van der Waals surface area contributed by atoms with Crippen LogP contribution in [0, 0.1) is 0 Å². The van der Waals surface area contributed by atoms with Gasteiger partial charge in [-0.25, -0.2) is 15.0 Å². The summed E-state index contributed by atoms with van der Waals surface area (Å²) >= 11 is 9.76. The van der Waals surface area contributed by atoms with E-state index in [0.29, 0.717) is 28.4 Å². The summed E-state index contributed by atoms with van der Waals surface area (Å²) in [7, 11) is 0. The molecule has 0 bridgehead atoms. The van der Waals surface area contributed by atoms with Crippen LogP contribution in [0.2, 0.25) is 5.02 Å². The zero-order chi connectivity index (χ0) is 20.8. The molecule has 30 heavy (non-hydrogen) atoms. The third-order valence-electron chi connectivity index (χ3n) is 4.95. The maximum atomic E-state index is 10.5. The molecule has 4 heterocycles. The minimum Gasteiger partial charge on any atom is -0.489 e. The van der Waals surface area contributed by atoms with Gasteiger partial charge in [0, 0.05) is 28.5 Å². The molecule has 0 unspecified atom stereocenters. The quantitative estimate of drug-likeness (QED) is 0.447. The minimum atomic E-state index is -0.752. The van der Waals surface area contributed by atoms with Crippen LogP contribution in [0.3, 0.4) is 0 Å². The summed E-state index contributed by atoms with van der Waals surface area (Å²) in [6, 6.07) is 5.53. The molecule has 0 saturated carbocycles. The molecule has 0 spiro atoms. The summed E-state index contributed by atoms with van der Waals surface area (Å²) in [5.41, 5.74) is 7.57. The van der Waals surface area contributed by atoms with Crippen LogP contribution in [-0.2, 0) is 4.74 Å². The molecule has 1 aliphatic heterocycles. The zero-order valence-corrected chi connectivity index (χ0v) is 17.8. The Morgan fingerprint density at radius 3 is 3.00 bits per heavy atom. The molecule has 3 aromatic heterocycles. The number of aliphatic hydroxyl groups excluding tert-OH is 1. The topological polar surface area (TPSA) is 121 Å². The number of aromatic nitrogens is 5. The largest absolute Gasteiger partial charge is 0.489 e. The second-order valence-corrected chi connectivity index (χ2v) is 8.30. The summed E-state index contributed by atoms with van der Waals surface area (Å²) in [5, 5.41) is 11.9. The number of nitrogens with two attached hydrogens (primary N) is 1. The molecule has 3 atom stereocenters. The number of benzene rings is 1. The van der Waals surface area contributed by atoms with Crippen molar-refractivity contribution < 1.29 is 14.6 Å². The highest BCUT2D eigenvalue weighted by Crippen LogP contribution is 2.34. The fourth-order valence-corrected chi connectivity index (χ4v) is 4.12. The van der Waals surface area contributed by atoms with E-state index in [1.807, 2.05) is 6.07 Å². The van der Waals surface area contributed by atoms with Crippen molar-refractivity contribution in [2.24, 2.45) is 0 Å². The second kappa shape index (κ2) is 7.62. The third-order valence-corrected chi connectivity index (χ3v) is 5.68. The number of rotatable bonds is 4. The molecular weight excluding hydrogens is 476 g/mol. The first-order valence-corrected chi connectivity index (χ1v) is 10.3. The maximum absolute atomic E-state index is 10.5. The summed E-state index contributed by atoms with van der Waals surface area (Å²) in [4.78, 5) is 16.7. The van der Waals surface area contributed by atoms with E-state index in [4.69, 9.17) is 26.8 Å². The molecule has 11 heteroatoms. The fourth-order valence-electron chi connectivity index (χ4n) is 3.54. The summed E-state index contributed by atoms with van der Waals surface area (Å²) in [6.45, 7) is 0.221. The predicted octanol–water partition coefficient (Wildman–Crippen LogP) is 3.10. The molecule has 1 fully saturated rings. The van der Waals surface area contributed by atoms with E-state index in [0.717, 1.165) is 15.4 Å². The van der Waals surface area contributed by atoms with Gasteiger partial charge in [0.25, 0.3) is 0 Å². The van der Waals surface area contributed by atoms with Crippen molar-refractivity contribution in [2.75, 3.05) is 12.3 Å². The van der Waals surface area contributed by atoms with Crippen LogP contribution in [0.15, 0.2) is 41.5 Å². The van der Waals surface area contributed by atoms with Crippen molar-refractivity contribution in [3.63, 3.8) is 0 Å². The number of imidazole rings is 1. The van der Waals surface area contributed by atoms with Crippen LogP contribution in [0.4, 0.5) is 5.82 Å². The number of fused-ring (bicyclic) bond motifs is 2. The Morgan fingerprint density at radius 2 is 2.13 bits per heavy atom. The zero-order valence-electron chi connectivity index (χ0n) is 15.4. The molecule has 1 aliphatic rings. The van der Waals surface area contributed by atoms with Crippen LogP contribution < -0.4 is 10.5 Å². The second-order valence-electron chi connectivity index (χ2n) is 6.97. The Balaban J connectivity index is 1.32. The van der Waals surface area contributed by atoms with Crippen molar-refractivity contribution in [1.29, 1.82) is 0 Å². The Morgan fingerprint density at radius 1 is 1.27 bits per heavy atom. The molecule has 3 N–H and O–H groups in total. The van der Waals surface area contributed by atoms with Crippen molar-refractivity contribution >= 4 is 55.4 Å². The SMILES string of the molecule is Nc1ncnc2c1ncn2[C@@H]1O[C@H](COc2cc3ncc(Br)cc3cc2Cl)C[C@H]1O. The van der Waals surface area contributed by atoms with Gasteiger partial charge in [0.2, 0.25) is 0 Å². The van der Waals surface area contributed by atoms with E-state index < -0.39 is 12.3 Å². The highest BCUT2D eigenvalue weighted by Gasteiger charge is 2.36. The summed E-state index contributed by atoms with van der Waals surface area (Å²) < 4.78 is 14.4. The number of hydrogen-bond donors (Lipinski definition) is 2. The standard InChI is InChI=1S/C19H16BrClN6O3/c20-10-1-9-2-12(21)15(4-13(9)23-5-10)29-6-11-3-14(28)19(30-11)27-8-26-16-17(22)24-7-25-18(16)27/h1-2,4-5,7-8,11,14,19,28H,3,6H2,(H2,22,24,25)/t11-,14+,19+/m0/s1. The molecule has 1 aromatic carbocycles. The normalized spacial score (nSPS) is 21.5. The smallest absolute Gasteiger partial charge is 0.167 e. The van der Waals surface area contributed by atoms with E-state index >= 15 is 0 Å². The van der Waals surface area contributed by atoms with Gasteiger partial charge in [-0.3, -0.25) is 9.55 Å². The van der Waals surface area contributed by atoms with Crippen LogP contribution in [0.1, 0.15) is 12.6 Å². The highest BCUT2D eigenvalue weighted by atomic mass is 79.9. The number of nitrogen functional groups attached to an aromatic ring is 1. The van der Waals surface area contributed by atoms with E-state index in [9.17, 15) is 5.11 Å². The van der Waals surface area contributed by atoms with Crippen molar-refractivity contribution in [3.05, 3.63) is 46.5 Å². The first-order valence-electron chi connectivity index (χ1n) is 9.14. The molecule has 1 saturated heterocycles. The number of anilines is 1. The Kier molecular flexibility index (Phi) is 4.94. The molecule has 154 valence electrons. The third kappa shape index (κ3) is 3.45. The molecular formula is C19H16BrClN6O3. The van der Waals surface area contributed by atoms with Gasteiger partial charge in [-0.1, -0.05) is 11.6 Å². The van der Waals surface area contributed by atoms with Gasteiger partial charge in [0.15, 0.2) is 17.7 Å². The summed E-state index contributed by atoms with van der Waals surface area (Å²) in [6.07, 6.45) is 3.25. The lowest BCUT2D eigenvalue weighted by Gasteiger charge is -2.17. The lowest BCUT2D eigenvalue weighted by molar-refractivity contribution is -0.0457. The van der Waals surface area contributed by atoms with Gasteiger partial charge >= 0.3 is 0 Å². The van der Waals surface area contributed by atoms with E-state index in [2.05, 4.69) is 35.9 Å². The lowest BCUT2D eigenvalue weighted by Crippen LogP contribution is -2.20. The highest BCUT2D eigenvalue weighted by molar-refractivity contribution is 9.10. The number of hydrogen-bond acceptors (Lipinski definition) is 8. The molecule has 0 radical (unpaired) electrons. The predicted molar refractivity (Wildman–Crippen MR) is 114 cm³/mol. The van der Waals surface area contributed by atoms with E-state index in [1.165, 1.54) is 12.7 Å². The number of halogens is 2. The first-order chi connectivity index (χ1) is 14.5. The number of aliphatic hydroxyl groups is 1. The fraction of sp³-hybridized carbons (Fsp3) is 0.263. The number of pyridine rings is 1. The monoisotopic (exact) mass is 490 g/mol. The Hall–Kier alpha value is -2.53. The van der Waals surface area contributed by atoms with Crippen LogP contribution in [-0.4, -0.2) is 48.4 Å². The molecule has 9 nitrogen and oxygen atoms in total. The van der Waals surface area contributed by atoms with Crippen molar-refractivity contribution in [1.82, 2.24) is 24.5 Å². The van der Waals surface area contributed by atoms with Crippen LogP contribution in [0.25, 0.3) is 22.1 Å².